The Balaban J connectivity index is 2.13. The van der Waals surface area contributed by atoms with Gasteiger partial charge in [0, 0.05) is 25.4 Å². The molecule has 1 aliphatic heterocycles. The van der Waals surface area contributed by atoms with E-state index >= 15 is 0 Å². The molecule has 2 heterocycles. The molecule has 1 amide bonds. The zero-order valence-electron chi connectivity index (χ0n) is 14.4. The highest BCUT2D eigenvalue weighted by molar-refractivity contribution is 5.76. The third-order valence-electron chi connectivity index (χ3n) is 4.28. The van der Waals surface area contributed by atoms with Gasteiger partial charge in [0.2, 0.25) is 5.91 Å². The number of carbonyl (C=O) groups is 1. The van der Waals surface area contributed by atoms with E-state index in [2.05, 4.69) is 0 Å². The lowest BCUT2D eigenvalue weighted by molar-refractivity contribution is -0.140. The van der Waals surface area contributed by atoms with Crippen molar-refractivity contribution in [1.82, 2.24) is 9.47 Å². The lowest BCUT2D eigenvalue weighted by Gasteiger charge is -2.41. The smallest absolute Gasteiger partial charge is 0.293 e. The van der Waals surface area contributed by atoms with Gasteiger partial charge in [-0.1, -0.05) is 0 Å². The Bertz CT molecular complexity index is 609. The van der Waals surface area contributed by atoms with Crippen LogP contribution in [0.4, 0.5) is 0 Å². The minimum Gasteiger partial charge on any atom is -0.491 e. The molecule has 0 spiro atoms. The van der Waals surface area contributed by atoms with E-state index in [9.17, 15) is 9.59 Å². The molecule has 0 aliphatic carbocycles. The molecular weight excluding hydrogens is 296 g/mol. The zero-order chi connectivity index (χ0) is 17.0. The number of rotatable bonds is 5. The summed E-state index contributed by atoms with van der Waals surface area (Å²) in [5, 5.41) is 0. The molecule has 1 aliphatic rings. The van der Waals surface area contributed by atoms with Gasteiger partial charge in [-0.05, 0) is 45.7 Å². The van der Waals surface area contributed by atoms with Crippen LogP contribution in [0.2, 0.25) is 0 Å². The number of hydrogen-bond acceptors (Lipinski definition) is 4. The van der Waals surface area contributed by atoms with E-state index in [1.165, 1.54) is 11.7 Å². The van der Waals surface area contributed by atoms with Crippen molar-refractivity contribution in [3.63, 3.8) is 0 Å². The van der Waals surface area contributed by atoms with Crippen molar-refractivity contribution in [2.45, 2.75) is 51.8 Å². The van der Waals surface area contributed by atoms with Gasteiger partial charge in [-0.25, -0.2) is 0 Å². The van der Waals surface area contributed by atoms with Crippen molar-refractivity contribution >= 4 is 5.91 Å². The van der Waals surface area contributed by atoms with Gasteiger partial charge in [-0.2, -0.15) is 0 Å². The van der Waals surface area contributed by atoms with Crippen LogP contribution in [0.1, 0.15) is 33.6 Å². The summed E-state index contributed by atoms with van der Waals surface area (Å²) in [6.07, 6.45) is 3.25. The first-order valence-electron chi connectivity index (χ1n) is 8.05. The van der Waals surface area contributed by atoms with Crippen molar-refractivity contribution in [3.05, 3.63) is 28.7 Å². The highest BCUT2D eigenvalue weighted by atomic mass is 16.5. The van der Waals surface area contributed by atoms with Crippen molar-refractivity contribution in [1.29, 1.82) is 0 Å². The number of aromatic nitrogens is 1. The largest absolute Gasteiger partial charge is 0.491 e. The van der Waals surface area contributed by atoms with Crippen LogP contribution in [0.3, 0.4) is 0 Å². The van der Waals surface area contributed by atoms with Crippen molar-refractivity contribution in [2.75, 3.05) is 20.3 Å². The Morgan fingerprint density at radius 3 is 2.87 bits per heavy atom. The van der Waals surface area contributed by atoms with Crippen LogP contribution in [0.5, 0.6) is 5.75 Å². The van der Waals surface area contributed by atoms with Gasteiger partial charge in [0.1, 0.15) is 6.54 Å². The SMILES string of the molecule is CCN(C(=O)Cn1cccc(OC)c1=O)[C@H]1CCOC(C)(C)C1. The lowest BCUT2D eigenvalue weighted by atomic mass is 9.92. The predicted octanol–water partition coefficient (Wildman–Crippen LogP) is 1.66. The van der Waals surface area contributed by atoms with E-state index in [1.807, 2.05) is 25.7 Å². The topological polar surface area (TPSA) is 60.8 Å². The summed E-state index contributed by atoms with van der Waals surface area (Å²) >= 11 is 0. The third-order valence-corrected chi connectivity index (χ3v) is 4.28. The number of likely N-dealkylation sites (N-methyl/N-ethyl adjacent to an activating group) is 1. The van der Waals surface area contributed by atoms with Crippen molar-refractivity contribution in [2.24, 2.45) is 0 Å². The molecular formula is C17H26N2O4. The Morgan fingerprint density at radius 1 is 1.52 bits per heavy atom. The summed E-state index contributed by atoms with van der Waals surface area (Å²) in [5.41, 5.74) is -0.504. The summed E-state index contributed by atoms with van der Waals surface area (Å²) in [7, 11) is 1.45. The fourth-order valence-corrected chi connectivity index (χ4v) is 3.14. The van der Waals surface area contributed by atoms with Crippen LogP contribution < -0.4 is 10.3 Å². The minimum atomic E-state index is -0.285. The summed E-state index contributed by atoms with van der Waals surface area (Å²) in [4.78, 5) is 26.7. The standard InChI is InChI=1S/C17H26N2O4/c1-5-19(13-8-10-23-17(2,3)11-13)15(20)12-18-9-6-7-14(22-4)16(18)21/h6-7,9,13H,5,8,10-12H2,1-4H3/t13-/m0/s1. The number of hydrogen-bond donors (Lipinski definition) is 0. The molecule has 1 aromatic heterocycles. The van der Waals surface area contributed by atoms with E-state index < -0.39 is 0 Å². The highest BCUT2D eigenvalue weighted by Crippen LogP contribution is 2.27. The monoisotopic (exact) mass is 322 g/mol. The molecule has 0 unspecified atom stereocenters. The van der Waals surface area contributed by atoms with Gasteiger partial charge in [-0.3, -0.25) is 9.59 Å². The molecule has 0 saturated carbocycles. The summed E-state index contributed by atoms with van der Waals surface area (Å²) in [6, 6.07) is 3.46. The number of methoxy groups -OCH3 is 1. The Morgan fingerprint density at radius 2 is 2.26 bits per heavy atom. The molecule has 2 rings (SSSR count). The van der Waals surface area contributed by atoms with Gasteiger partial charge in [0.15, 0.2) is 5.75 Å². The van der Waals surface area contributed by atoms with Crippen LogP contribution in [-0.2, 0) is 16.1 Å². The maximum absolute atomic E-state index is 12.7. The summed E-state index contributed by atoms with van der Waals surface area (Å²) in [5.74, 6) is 0.195. The zero-order valence-corrected chi connectivity index (χ0v) is 14.4. The fraction of sp³-hybridized carbons (Fsp3) is 0.647. The van der Waals surface area contributed by atoms with E-state index in [4.69, 9.17) is 9.47 Å². The maximum atomic E-state index is 12.7. The van der Waals surface area contributed by atoms with E-state index in [0.717, 1.165) is 12.8 Å². The molecule has 0 aromatic carbocycles. The average Bonchev–Trinajstić information content (AvgIpc) is 2.49. The summed E-state index contributed by atoms with van der Waals surface area (Å²) in [6.45, 7) is 7.36. The number of carbonyl (C=O) groups excluding carboxylic acids is 1. The molecule has 0 N–H and O–H groups in total. The Labute approximate surface area is 137 Å². The number of nitrogens with zero attached hydrogens (tertiary/aromatic N) is 2. The number of amides is 1. The maximum Gasteiger partial charge on any atom is 0.293 e. The molecule has 1 aromatic rings. The minimum absolute atomic E-state index is 0.0294. The van der Waals surface area contributed by atoms with Gasteiger partial charge >= 0.3 is 0 Å². The molecule has 1 atom stereocenters. The molecule has 23 heavy (non-hydrogen) atoms. The van der Waals surface area contributed by atoms with Gasteiger partial charge in [0.05, 0.1) is 12.7 Å². The fourth-order valence-electron chi connectivity index (χ4n) is 3.14. The summed E-state index contributed by atoms with van der Waals surface area (Å²) < 4.78 is 12.1. The number of ether oxygens (including phenoxy) is 2. The number of pyridine rings is 1. The second-order valence-electron chi connectivity index (χ2n) is 6.44. The predicted molar refractivity (Wildman–Crippen MR) is 87.7 cm³/mol. The second kappa shape index (κ2) is 7.17. The van der Waals surface area contributed by atoms with Crippen LogP contribution in [0, 0.1) is 0 Å². The van der Waals surface area contributed by atoms with Crippen molar-refractivity contribution < 1.29 is 14.3 Å². The molecule has 6 nitrogen and oxygen atoms in total. The quantitative estimate of drug-likeness (QED) is 0.827. The molecule has 6 heteroatoms. The Kier molecular flexibility index (Phi) is 5.46. The lowest BCUT2D eigenvalue weighted by Crippen LogP contribution is -2.49. The van der Waals surface area contributed by atoms with Crippen LogP contribution in [0.15, 0.2) is 23.1 Å². The van der Waals surface area contributed by atoms with Gasteiger partial charge < -0.3 is 18.9 Å². The first-order chi connectivity index (χ1) is 10.9. The third kappa shape index (κ3) is 4.13. The van der Waals surface area contributed by atoms with Crippen molar-refractivity contribution in [3.8, 4) is 5.75 Å². The van der Waals surface area contributed by atoms with Crippen LogP contribution in [-0.4, -0.2) is 47.3 Å². The van der Waals surface area contributed by atoms with Crippen LogP contribution >= 0.6 is 0 Å². The Hall–Kier alpha value is -1.82. The second-order valence-corrected chi connectivity index (χ2v) is 6.44. The van der Waals surface area contributed by atoms with E-state index in [-0.39, 0.29) is 35.4 Å². The first kappa shape index (κ1) is 17.5. The normalized spacial score (nSPS) is 20.1. The average molecular weight is 322 g/mol. The molecule has 1 saturated heterocycles. The van der Waals surface area contributed by atoms with Gasteiger partial charge in [0.25, 0.3) is 5.56 Å². The first-order valence-corrected chi connectivity index (χ1v) is 8.05. The van der Waals surface area contributed by atoms with Gasteiger partial charge in [-0.15, -0.1) is 0 Å². The molecule has 0 bridgehead atoms. The molecule has 128 valence electrons. The molecule has 0 radical (unpaired) electrons. The van der Waals surface area contributed by atoms with E-state index in [0.29, 0.717) is 13.2 Å². The molecule has 1 fully saturated rings. The van der Waals surface area contributed by atoms with E-state index in [1.54, 1.807) is 18.3 Å². The van der Waals surface area contributed by atoms with Crippen LogP contribution in [0.25, 0.3) is 0 Å². The highest BCUT2D eigenvalue weighted by Gasteiger charge is 2.33.